The summed E-state index contributed by atoms with van der Waals surface area (Å²) in [5.41, 5.74) is 1.41. The summed E-state index contributed by atoms with van der Waals surface area (Å²) >= 11 is 1.37. The molecule has 0 atom stereocenters. The minimum absolute atomic E-state index is 0.168. The number of anilines is 2. The van der Waals surface area contributed by atoms with Gasteiger partial charge in [0.05, 0.1) is 29.8 Å². The Labute approximate surface area is 199 Å². The van der Waals surface area contributed by atoms with Crippen LogP contribution < -0.4 is 14.5 Å². The van der Waals surface area contributed by atoms with Crippen molar-refractivity contribution in [3.63, 3.8) is 0 Å². The van der Waals surface area contributed by atoms with Crippen molar-refractivity contribution in [2.24, 2.45) is 0 Å². The fraction of sp³-hybridized carbons (Fsp3) is 0.200. The lowest BCUT2D eigenvalue weighted by atomic mass is 10.1. The lowest BCUT2D eigenvalue weighted by molar-refractivity contribution is -0.121. The van der Waals surface area contributed by atoms with Crippen LogP contribution in [-0.4, -0.2) is 29.3 Å². The normalized spacial score (nSPS) is 13.6. The lowest BCUT2D eigenvalue weighted by Gasteiger charge is -2.20. The first-order valence-electron chi connectivity index (χ1n) is 10.9. The second-order valence-electron chi connectivity index (χ2n) is 7.68. The zero-order chi connectivity index (χ0) is 23.7. The summed E-state index contributed by atoms with van der Waals surface area (Å²) in [6.07, 6.45) is 1.90. The molecule has 9 heteroatoms. The highest BCUT2D eigenvalue weighted by atomic mass is 32.1. The molecule has 5 rings (SSSR count). The molecular weight excluding hydrogens is 454 g/mol. The van der Waals surface area contributed by atoms with Crippen LogP contribution in [0.1, 0.15) is 35.9 Å². The standard InChI is InChI=1S/C25H21N3O5S/c1-2-32-19-9-4-10-20-23(19)26-25(34-20)27(15-18-8-5-13-33-18)24(31)16-6-3-7-17(14-16)28-21(29)11-12-22(28)30/h3-10,13-14H,2,11-12,15H2,1H3. The molecule has 3 heterocycles. The number of benzene rings is 2. The Morgan fingerprint density at radius 2 is 1.91 bits per heavy atom. The number of furan rings is 1. The minimum atomic E-state index is -0.325. The highest BCUT2D eigenvalue weighted by molar-refractivity contribution is 7.22. The molecular formula is C25H21N3O5S. The van der Waals surface area contributed by atoms with Gasteiger partial charge in [0.25, 0.3) is 5.91 Å². The number of aromatic nitrogens is 1. The van der Waals surface area contributed by atoms with Crippen LogP contribution >= 0.6 is 11.3 Å². The molecule has 0 radical (unpaired) electrons. The van der Waals surface area contributed by atoms with E-state index >= 15 is 0 Å². The number of ether oxygens (including phenoxy) is 1. The molecule has 1 aliphatic heterocycles. The molecule has 8 nitrogen and oxygen atoms in total. The van der Waals surface area contributed by atoms with Crippen LogP contribution in [0.3, 0.4) is 0 Å². The Hall–Kier alpha value is -3.98. The van der Waals surface area contributed by atoms with Gasteiger partial charge in [-0.15, -0.1) is 0 Å². The molecule has 0 N–H and O–H groups in total. The van der Waals surface area contributed by atoms with E-state index in [1.165, 1.54) is 16.2 Å². The second-order valence-corrected chi connectivity index (χ2v) is 8.69. The SMILES string of the molecule is CCOc1cccc2sc(N(Cc3ccco3)C(=O)c3cccc(N4C(=O)CCC4=O)c3)nc12. The summed E-state index contributed by atoms with van der Waals surface area (Å²) < 4.78 is 12.1. The molecule has 0 bridgehead atoms. The molecule has 0 aliphatic carbocycles. The molecule has 1 fully saturated rings. The van der Waals surface area contributed by atoms with E-state index in [0.717, 1.165) is 9.60 Å². The number of carbonyl (C=O) groups is 3. The second kappa shape index (κ2) is 9.11. The zero-order valence-corrected chi connectivity index (χ0v) is 19.2. The number of amides is 3. The van der Waals surface area contributed by atoms with Crippen molar-refractivity contribution < 1.29 is 23.5 Å². The van der Waals surface area contributed by atoms with Gasteiger partial charge in [-0.05, 0) is 49.4 Å². The molecule has 1 saturated heterocycles. The van der Waals surface area contributed by atoms with Gasteiger partial charge in [0.15, 0.2) is 5.13 Å². The highest BCUT2D eigenvalue weighted by Gasteiger charge is 2.31. The summed E-state index contributed by atoms with van der Waals surface area (Å²) in [7, 11) is 0. The Balaban J connectivity index is 1.54. The largest absolute Gasteiger partial charge is 0.492 e. The van der Waals surface area contributed by atoms with Crippen LogP contribution in [0.15, 0.2) is 65.3 Å². The molecule has 34 heavy (non-hydrogen) atoms. The number of thiazole rings is 1. The lowest BCUT2D eigenvalue weighted by Crippen LogP contribution is -2.31. The Kier molecular flexibility index (Phi) is 5.85. The van der Waals surface area contributed by atoms with Gasteiger partial charge < -0.3 is 9.15 Å². The molecule has 0 saturated carbocycles. The van der Waals surface area contributed by atoms with Gasteiger partial charge in [0.2, 0.25) is 11.8 Å². The quantitative estimate of drug-likeness (QED) is 0.357. The van der Waals surface area contributed by atoms with Crippen LogP contribution in [0, 0.1) is 0 Å². The van der Waals surface area contributed by atoms with Crippen molar-refractivity contribution in [2.75, 3.05) is 16.4 Å². The number of para-hydroxylation sites is 1. The molecule has 2 aromatic heterocycles. The topological polar surface area (TPSA) is 93.0 Å². The van der Waals surface area contributed by atoms with E-state index in [4.69, 9.17) is 14.1 Å². The van der Waals surface area contributed by atoms with Gasteiger partial charge in [-0.2, -0.15) is 0 Å². The van der Waals surface area contributed by atoms with Crippen LogP contribution in [0.2, 0.25) is 0 Å². The molecule has 1 aliphatic rings. The van der Waals surface area contributed by atoms with Gasteiger partial charge >= 0.3 is 0 Å². The van der Waals surface area contributed by atoms with E-state index in [9.17, 15) is 14.4 Å². The highest BCUT2D eigenvalue weighted by Crippen LogP contribution is 2.36. The average molecular weight is 476 g/mol. The number of rotatable bonds is 7. The number of carbonyl (C=O) groups excluding carboxylic acids is 3. The monoisotopic (exact) mass is 475 g/mol. The first-order valence-corrected chi connectivity index (χ1v) is 11.7. The van der Waals surface area contributed by atoms with Crippen LogP contribution in [0.25, 0.3) is 10.2 Å². The summed E-state index contributed by atoms with van der Waals surface area (Å²) in [5.74, 6) is 0.391. The fourth-order valence-corrected chi connectivity index (χ4v) is 4.86. The minimum Gasteiger partial charge on any atom is -0.492 e. The third-order valence-electron chi connectivity index (χ3n) is 5.44. The van der Waals surface area contributed by atoms with Crippen molar-refractivity contribution in [1.29, 1.82) is 0 Å². The first kappa shape index (κ1) is 21.8. The molecule has 172 valence electrons. The third kappa shape index (κ3) is 4.06. The first-order chi connectivity index (χ1) is 16.5. The van der Waals surface area contributed by atoms with E-state index in [2.05, 4.69) is 0 Å². The predicted octanol–water partition coefficient (Wildman–Crippen LogP) is 4.79. The average Bonchev–Trinajstić information content (AvgIpc) is 3.58. The summed E-state index contributed by atoms with van der Waals surface area (Å²) in [5, 5.41) is 0.488. The Bertz CT molecular complexity index is 1360. The van der Waals surface area contributed by atoms with Gasteiger partial charge in [-0.25, -0.2) is 4.98 Å². The number of hydrogen-bond acceptors (Lipinski definition) is 7. The maximum absolute atomic E-state index is 13.7. The van der Waals surface area contributed by atoms with Crippen molar-refractivity contribution in [1.82, 2.24) is 4.98 Å². The van der Waals surface area contributed by atoms with E-state index < -0.39 is 0 Å². The molecule has 3 amide bonds. The van der Waals surface area contributed by atoms with Gasteiger partial charge in [0, 0.05) is 18.4 Å². The molecule has 0 unspecified atom stereocenters. The Morgan fingerprint density at radius 1 is 1.12 bits per heavy atom. The fourth-order valence-electron chi connectivity index (χ4n) is 3.88. The van der Waals surface area contributed by atoms with Crippen LogP contribution in [0.4, 0.5) is 10.8 Å². The van der Waals surface area contributed by atoms with E-state index in [1.54, 1.807) is 42.7 Å². The van der Waals surface area contributed by atoms with E-state index in [0.29, 0.717) is 40.0 Å². The molecule has 0 spiro atoms. The molecule has 2 aromatic carbocycles. The number of fused-ring (bicyclic) bond motifs is 1. The van der Waals surface area contributed by atoms with E-state index in [1.807, 2.05) is 25.1 Å². The maximum atomic E-state index is 13.7. The van der Waals surface area contributed by atoms with Gasteiger partial charge in [-0.3, -0.25) is 24.2 Å². The van der Waals surface area contributed by atoms with Gasteiger partial charge in [0.1, 0.15) is 17.0 Å². The predicted molar refractivity (Wildman–Crippen MR) is 128 cm³/mol. The summed E-state index contributed by atoms with van der Waals surface area (Å²) in [6, 6.07) is 15.8. The summed E-state index contributed by atoms with van der Waals surface area (Å²) in [6.45, 7) is 2.57. The summed E-state index contributed by atoms with van der Waals surface area (Å²) in [4.78, 5) is 45.5. The number of imide groups is 1. The number of nitrogens with zero attached hydrogens (tertiary/aromatic N) is 3. The van der Waals surface area contributed by atoms with E-state index in [-0.39, 0.29) is 37.1 Å². The maximum Gasteiger partial charge on any atom is 0.260 e. The molecule has 4 aromatic rings. The number of hydrogen-bond donors (Lipinski definition) is 0. The van der Waals surface area contributed by atoms with Crippen molar-refractivity contribution in [2.45, 2.75) is 26.3 Å². The zero-order valence-electron chi connectivity index (χ0n) is 18.4. The van der Waals surface area contributed by atoms with Gasteiger partial charge in [-0.1, -0.05) is 23.5 Å². The third-order valence-corrected chi connectivity index (χ3v) is 6.49. The van der Waals surface area contributed by atoms with Crippen molar-refractivity contribution in [3.8, 4) is 5.75 Å². The van der Waals surface area contributed by atoms with Crippen LogP contribution in [-0.2, 0) is 16.1 Å². The van der Waals surface area contributed by atoms with Crippen molar-refractivity contribution >= 4 is 50.1 Å². The Morgan fingerprint density at radius 3 is 2.65 bits per heavy atom. The smallest absolute Gasteiger partial charge is 0.260 e. The van der Waals surface area contributed by atoms with Crippen molar-refractivity contribution in [3.05, 3.63) is 72.2 Å². The van der Waals surface area contributed by atoms with Crippen LogP contribution in [0.5, 0.6) is 5.75 Å².